The van der Waals surface area contributed by atoms with Gasteiger partial charge in [0.2, 0.25) is 5.91 Å². The molecule has 16 heavy (non-hydrogen) atoms. The molecule has 0 aromatic heterocycles. The van der Waals surface area contributed by atoms with E-state index in [1.807, 2.05) is 0 Å². The first kappa shape index (κ1) is 13.4. The average molecular weight is 230 g/mol. The lowest BCUT2D eigenvalue weighted by Crippen LogP contribution is -2.51. The second kappa shape index (κ2) is 6.83. The minimum absolute atomic E-state index is 0.307. The summed E-state index contributed by atoms with van der Waals surface area (Å²) >= 11 is 0. The van der Waals surface area contributed by atoms with Crippen molar-refractivity contribution in [2.75, 3.05) is 39.5 Å². The largest absolute Gasteiger partial charge is 0.387 e. The van der Waals surface area contributed by atoms with Gasteiger partial charge in [0, 0.05) is 25.7 Å². The van der Waals surface area contributed by atoms with Crippen LogP contribution in [0, 0.1) is 5.92 Å². The van der Waals surface area contributed by atoms with Gasteiger partial charge in [-0.25, -0.2) is 0 Å². The second-order valence-electron chi connectivity index (χ2n) is 4.42. The maximum absolute atomic E-state index is 11.0. The Labute approximate surface area is 96.8 Å². The van der Waals surface area contributed by atoms with Crippen LogP contribution in [0.3, 0.4) is 0 Å². The van der Waals surface area contributed by atoms with Crippen molar-refractivity contribution in [1.82, 2.24) is 10.2 Å². The van der Waals surface area contributed by atoms with Gasteiger partial charge in [0.15, 0.2) is 0 Å². The molecule has 0 saturated carbocycles. The van der Waals surface area contributed by atoms with Crippen LogP contribution in [0.2, 0.25) is 0 Å². The highest BCUT2D eigenvalue weighted by molar-refractivity contribution is 5.76. The molecule has 0 spiro atoms. The SMILES string of the molecule is CC(C)C(CNC(=O)CO)N1CCOCC1. The van der Waals surface area contributed by atoms with E-state index in [1.54, 1.807) is 0 Å². The third-order valence-corrected chi connectivity index (χ3v) is 2.94. The van der Waals surface area contributed by atoms with Crippen LogP contribution in [0.1, 0.15) is 13.8 Å². The van der Waals surface area contributed by atoms with Gasteiger partial charge in [-0.2, -0.15) is 0 Å². The summed E-state index contributed by atoms with van der Waals surface area (Å²) in [5.74, 6) is 0.163. The second-order valence-corrected chi connectivity index (χ2v) is 4.42. The molecule has 1 aliphatic rings. The quantitative estimate of drug-likeness (QED) is 0.665. The first-order valence-electron chi connectivity index (χ1n) is 5.84. The number of amides is 1. The summed E-state index contributed by atoms with van der Waals surface area (Å²) in [6.45, 7) is 7.80. The van der Waals surface area contributed by atoms with Crippen LogP contribution in [0.25, 0.3) is 0 Å². The van der Waals surface area contributed by atoms with Gasteiger partial charge >= 0.3 is 0 Å². The van der Waals surface area contributed by atoms with Crippen molar-refractivity contribution in [1.29, 1.82) is 0 Å². The molecule has 1 fully saturated rings. The van der Waals surface area contributed by atoms with Crippen LogP contribution in [0.4, 0.5) is 0 Å². The van der Waals surface area contributed by atoms with E-state index in [0.717, 1.165) is 26.3 Å². The van der Waals surface area contributed by atoms with Gasteiger partial charge in [-0.1, -0.05) is 13.8 Å². The van der Waals surface area contributed by atoms with Crippen LogP contribution in [0.15, 0.2) is 0 Å². The lowest BCUT2D eigenvalue weighted by atomic mass is 10.0. The van der Waals surface area contributed by atoms with Crippen molar-refractivity contribution < 1.29 is 14.6 Å². The van der Waals surface area contributed by atoms with Gasteiger partial charge < -0.3 is 15.2 Å². The number of hydrogen-bond acceptors (Lipinski definition) is 4. The zero-order chi connectivity index (χ0) is 12.0. The molecule has 94 valence electrons. The number of hydrogen-bond donors (Lipinski definition) is 2. The zero-order valence-corrected chi connectivity index (χ0v) is 10.1. The number of rotatable bonds is 5. The topological polar surface area (TPSA) is 61.8 Å². The standard InChI is InChI=1S/C11H22N2O3/c1-9(2)10(7-12-11(15)8-14)13-3-5-16-6-4-13/h9-10,14H,3-8H2,1-2H3,(H,12,15). The molecule has 1 atom stereocenters. The van der Waals surface area contributed by atoms with Gasteiger partial charge in [-0.05, 0) is 5.92 Å². The third-order valence-electron chi connectivity index (χ3n) is 2.94. The highest BCUT2D eigenvalue weighted by Crippen LogP contribution is 2.12. The predicted octanol–water partition coefficient (Wildman–Crippen LogP) is -0.548. The molecule has 0 bridgehead atoms. The van der Waals surface area contributed by atoms with Gasteiger partial charge in [0.1, 0.15) is 6.61 Å². The van der Waals surface area contributed by atoms with Gasteiger partial charge in [-0.15, -0.1) is 0 Å². The van der Waals surface area contributed by atoms with Gasteiger partial charge in [0.25, 0.3) is 0 Å². The first-order valence-corrected chi connectivity index (χ1v) is 5.84. The Morgan fingerprint density at radius 1 is 1.44 bits per heavy atom. The van der Waals surface area contributed by atoms with E-state index in [-0.39, 0.29) is 5.91 Å². The number of ether oxygens (including phenoxy) is 1. The third kappa shape index (κ3) is 4.08. The van der Waals surface area contributed by atoms with Crippen molar-refractivity contribution >= 4 is 5.91 Å². The van der Waals surface area contributed by atoms with Crippen LogP contribution in [-0.2, 0) is 9.53 Å². The predicted molar refractivity (Wildman–Crippen MR) is 61.1 cm³/mol. The Kier molecular flexibility index (Phi) is 5.73. The molecule has 0 aromatic rings. The smallest absolute Gasteiger partial charge is 0.245 e. The van der Waals surface area contributed by atoms with Crippen LogP contribution >= 0.6 is 0 Å². The monoisotopic (exact) mass is 230 g/mol. The molecule has 0 aromatic carbocycles. The Morgan fingerprint density at radius 3 is 2.56 bits per heavy atom. The fourth-order valence-electron chi connectivity index (χ4n) is 1.97. The van der Waals surface area contributed by atoms with Crippen LogP contribution in [-0.4, -0.2) is 61.4 Å². The summed E-state index contributed by atoms with van der Waals surface area (Å²) in [7, 11) is 0. The summed E-state index contributed by atoms with van der Waals surface area (Å²) in [5, 5.41) is 11.4. The van der Waals surface area contributed by atoms with E-state index >= 15 is 0 Å². The highest BCUT2D eigenvalue weighted by atomic mass is 16.5. The Bertz CT molecular complexity index is 215. The highest BCUT2D eigenvalue weighted by Gasteiger charge is 2.23. The molecule has 1 heterocycles. The number of carbonyl (C=O) groups excluding carboxylic acids is 1. The molecule has 1 rings (SSSR count). The number of nitrogens with zero attached hydrogens (tertiary/aromatic N) is 1. The van der Waals surface area contributed by atoms with Crippen molar-refractivity contribution in [3.8, 4) is 0 Å². The zero-order valence-electron chi connectivity index (χ0n) is 10.1. The fraction of sp³-hybridized carbons (Fsp3) is 0.909. The van der Waals surface area contributed by atoms with E-state index in [2.05, 4.69) is 24.1 Å². The molecule has 5 heteroatoms. The number of aliphatic hydroxyl groups excluding tert-OH is 1. The molecule has 1 unspecified atom stereocenters. The van der Waals surface area contributed by atoms with E-state index < -0.39 is 6.61 Å². The molecule has 2 N–H and O–H groups in total. The van der Waals surface area contributed by atoms with E-state index in [4.69, 9.17) is 9.84 Å². The molecular formula is C11H22N2O3. The van der Waals surface area contributed by atoms with E-state index in [9.17, 15) is 4.79 Å². The Morgan fingerprint density at radius 2 is 2.06 bits per heavy atom. The molecule has 0 radical (unpaired) electrons. The lowest BCUT2D eigenvalue weighted by molar-refractivity contribution is -0.124. The average Bonchev–Trinajstić information content (AvgIpc) is 2.30. The number of nitrogens with one attached hydrogen (secondary N) is 1. The number of aliphatic hydroxyl groups is 1. The van der Waals surface area contributed by atoms with Crippen molar-refractivity contribution in [3.63, 3.8) is 0 Å². The van der Waals surface area contributed by atoms with Gasteiger partial charge in [0.05, 0.1) is 13.2 Å². The normalized spacial score (nSPS) is 19.8. The van der Waals surface area contributed by atoms with Crippen molar-refractivity contribution in [2.24, 2.45) is 5.92 Å². The minimum atomic E-state index is -0.437. The maximum atomic E-state index is 11.0. The lowest BCUT2D eigenvalue weighted by Gasteiger charge is -2.36. The maximum Gasteiger partial charge on any atom is 0.245 e. The van der Waals surface area contributed by atoms with E-state index in [1.165, 1.54) is 0 Å². The molecular weight excluding hydrogens is 208 g/mol. The summed E-state index contributed by atoms with van der Waals surface area (Å²) in [4.78, 5) is 13.4. The van der Waals surface area contributed by atoms with Crippen molar-refractivity contribution in [3.05, 3.63) is 0 Å². The Balaban J connectivity index is 2.42. The van der Waals surface area contributed by atoms with Crippen LogP contribution < -0.4 is 5.32 Å². The first-order chi connectivity index (χ1) is 7.65. The molecule has 1 amide bonds. The van der Waals surface area contributed by atoms with Crippen molar-refractivity contribution in [2.45, 2.75) is 19.9 Å². The van der Waals surface area contributed by atoms with Crippen LogP contribution in [0.5, 0.6) is 0 Å². The summed E-state index contributed by atoms with van der Waals surface area (Å²) in [6.07, 6.45) is 0. The summed E-state index contributed by atoms with van der Waals surface area (Å²) in [5.41, 5.74) is 0. The van der Waals surface area contributed by atoms with Gasteiger partial charge in [-0.3, -0.25) is 9.69 Å². The number of carbonyl (C=O) groups is 1. The molecule has 1 aliphatic heterocycles. The van der Waals surface area contributed by atoms with E-state index in [0.29, 0.717) is 18.5 Å². The minimum Gasteiger partial charge on any atom is -0.387 e. The molecule has 1 saturated heterocycles. The molecule has 0 aliphatic carbocycles. The Hall–Kier alpha value is -0.650. The summed E-state index contributed by atoms with van der Waals surface area (Å²) in [6, 6.07) is 0.319. The molecule has 5 nitrogen and oxygen atoms in total. The number of morpholine rings is 1. The fourth-order valence-corrected chi connectivity index (χ4v) is 1.97. The summed E-state index contributed by atoms with van der Waals surface area (Å²) < 4.78 is 5.31.